The standard InChI is InChI=1S/C6H5O2P/c7-9(8)6-4-2-1-3-5-6/h1-5H/q-1. The molecule has 0 aliphatic rings. The lowest BCUT2D eigenvalue weighted by Crippen LogP contribution is -2.02. The van der Waals surface area contributed by atoms with Gasteiger partial charge in [-0.15, -0.1) is 0 Å². The van der Waals surface area contributed by atoms with Crippen LogP contribution >= 0.6 is 8.03 Å². The molecule has 1 aromatic carbocycles. The molecule has 1 aromatic rings. The van der Waals surface area contributed by atoms with Crippen molar-refractivity contribution in [3.63, 3.8) is 0 Å². The lowest BCUT2D eigenvalue weighted by Gasteiger charge is -2.00. The lowest BCUT2D eigenvalue weighted by atomic mass is 10.4. The van der Waals surface area contributed by atoms with Crippen molar-refractivity contribution in [1.82, 2.24) is 0 Å². The maximum atomic E-state index is 10.2. The van der Waals surface area contributed by atoms with Gasteiger partial charge in [0.25, 0.3) is 0 Å². The van der Waals surface area contributed by atoms with E-state index < -0.39 is 8.03 Å². The van der Waals surface area contributed by atoms with Crippen LogP contribution in [-0.2, 0) is 4.57 Å². The minimum atomic E-state index is -2.40. The maximum absolute atomic E-state index is 10.2. The van der Waals surface area contributed by atoms with Gasteiger partial charge in [0.2, 0.25) is 0 Å². The van der Waals surface area contributed by atoms with Gasteiger partial charge in [0, 0.05) is 13.3 Å². The highest BCUT2D eigenvalue weighted by atomic mass is 31.1. The first-order valence-electron chi connectivity index (χ1n) is 2.50. The van der Waals surface area contributed by atoms with Gasteiger partial charge in [-0.05, 0) is 12.1 Å². The second-order valence-corrected chi connectivity index (χ2v) is 2.62. The third-order valence-electron chi connectivity index (χ3n) is 0.967. The first-order valence-corrected chi connectivity index (χ1v) is 3.68. The summed E-state index contributed by atoms with van der Waals surface area (Å²) in [6, 6.07) is 8.29. The minimum absolute atomic E-state index is 0.368. The molecule has 2 nitrogen and oxygen atoms in total. The van der Waals surface area contributed by atoms with E-state index in [0.717, 1.165) is 0 Å². The second-order valence-electron chi connectivity index (χ2n) is 1.59. The predicted octanol–water partition coefficient (Wildman–Crippen LogP) is 0.415. The average Bonchev–Trinajstić information content (AvgIpc) is 1.90. The topological polar surface area (TPSA) is 40.1 Å². The van der Waals surface area contributed by atoms with Crippen molar-refractivity contribution >= 4 is 13.3 Å². The maximum Gasteiger partial charge on any atom is 0.0254 e. The van der Waals surface area contributed by atoms with Crippen molar-refractivity contribution in [2.45, 2.75) is 0 Å². The first-order chi connectivity index (χ1) is 4.30. The quantitative estimate of drug-likeness (QED) is 0.530. The van der Waals surface area contributed by atoms with Gasteiger partial charge in [-0.25, -0.2) is 0 Å². The second kappa shape index (κ2) is 2.72. The molecule has 47 valence electrons. The number of hydrogen-bond acceptors (Lipinski definition) is 2. The van der Waals surface area contributed by atoms with E-state index in [9.17, 15) is 9.46 Å². The Morgan fingerprint density at radius 1 is 1.22 bits per heavy atom. The van der Waals surface area contributed by atoms with Crippen LogP contribution in [0.4, 0.5) is 0 Å². The summed E-state index contributed by atoms with van der Waals surface area (Å²) in [5, 5.41) is 0.368. The molecule has 0 aromatic heterocycles. The highest BCUT2D eigenvalue weighted by Gasteiger charge is 1.85. The molecule has 0 amide bonds. The fraction of sp³-hybridized carbons (Fsp3) is 0. The van der Waals surface area contributed by atoms with Crippen molar-refractivity contribution in [3.8, 4) is 0 Å². The molecular weight excluding hydrogens is 135 g/mol. The van der Waals surface area contributed by atoms with E-state index in [1.807, 2.05) is 0 Å². The van der Waals surface area contributed by atoms with Crippen LogP contribution in [0.5, 0.6) is 0 Å². The van der Waals surface area contributed by atoms with E-state index in [1.54, 1.807) is 30.3 Å². The van der Waals surface area contributed by atoms with Crippen molar-refractivity contribution in [2.24, 2.45) is 0 Å². The summed E-state index contributed by atoms with van der Waals surface area (Å²) in [5.74, 6) is 0. The highest BCUT2D eigenvalue weighted by Crippen LogP contribution is 2.04. The van der Waals surface area contributed by atoms with E-state index in [0.29, 0.717) is 5.30 Å². The summed E-state index contributed by atoms with van der Waals surface area (Å²) in [6.45, 7) is 0. The number of benzene rings is 1. The van der Waals surface area contributed by atoms with Gasteiger partial charge in [-0.3, -0.25) is 4.57 Å². The van der Waals surface area contributed by atoms with Crippen LogP contribution in [0, 0.1) is 0 Å². The number of rotatable bonds is 1. The van der Waals surface area contributed by atoms with Crippen LogP contribution in [0.25, 0.3) is 0 Å². The van der Waals surface area contributed by atoms with Crippen molar-refractivity contribution in [2.75, 3.05) is 0 Å². The molecule has 0 bridgehead atoms. The summed E-state index contributed by atoms with van der Waals surface area (Å²) in [5.41, 5.74) is 0. The monoisotopic (exact) mass is 140 g/mol. The molecule has 1 radical (unpaired) electrons. The Labute approximate surface area is 54.0 Å². The van der Waals surface area contributed by atoms with Crippen LogP contribution < -0.4 is 10.2 Å². The summed E-state index contributed by atoms with van der Waals surface area (Å²) >= 11 is 0. The molecule has 0 spiro atoms. The minimum Gasteiger partial charge on any atom is -0.776 e. The Bertz CT molecular complexity index is 208. The fourth-order valence-corrected chi connectivity index (χ4v) is 0.965. The zero-order valence-electron chi connectivity index (χ0n) is 4.65. The van der Waals surface area contributed by atoms with Crippen LogP contribution in [0.1, 0.15) is 0 Å². The van der Waals surface area contributed by atoms with Crippen LogP contribution in [0.3, 0.4) is 0 Å². The van der Waals surface area contributed by atoms with Gasteiger partial charge in [0.15, 0.2) is 0 Å². The summed E-state index contributed by atoms with van der Waals surface area (Å²) in [6.07, 6.45) is 0. The Morgan fingerprint density at radius 2 is 1.78 bits per heavy atom. The van der Waals surface area contributed by atoms with Crippen molar-refractivity contribution in [1.29, 1.82) is 0 Å². The molecule has 0 fully saturated rings. The van der Waals surface area contributed by atoms with E-state index in [2.05, 4.69) is 0 Å². The van der Waals surface area contributed by atoms with Crippen LogP contribution in [0.15, 0.2) is 30.3 Å². The lowest BCUT2D eigenvalue weighted by molar-refractivity contribution is -0.160. The van der Waals surface area contributed by atoms with E-state index in [-0.39, 0.29) is 0 Å². The Kier molecular flexibility index (Phi) is 1.93. The van der Waals surface area contributed by atoms with Crippen LogP contribution in [-0.4, -0.2) is 0 Å². The molecule has 0 heterocycles. The van der Waals surface area contributed by atoms with Gasteiger partial charge >= 0.3 is 0 Å². The highest BCUT2D eigenvalue weighted by molar-refractivity contribution is 7.45. The van der Waals surface area contributed by atoms with Crippen molar-refractivity contribution in [3.05, 3.63) is 30.3 Å². The summed E-state index contributed by atoms with van der Waals surface area (Å²) in [4.78, 5) is 10.2. The summed E-state index contributed by atoms with van der Waals surface area (Å²) in [7, 11) is -2.40. The molecule has 9 heavy (non-hydrogen) atoms. The molecule has 3 heteroatoms. The van der Waals surface area contributed by atoms with Gasteiger partial charge < -0.3 is 4.89 Å². The predicted molar refractivity (Wildman–Crippen MR) is 33.7 cm³/mol. The molecule has 1 rings (SSSR count). The molecule has 1 atom stereocenters. The number of hydrogen-bond donors (Lipinski definition) is 0. The average molecular weight is 140 g/mol. The zero-order chi connectivity index (χ0) is 6.69. The zero-order valence-corrected chi connectivity index (χ0v) is 5.54. The summed E-state index contributed by atoms with van der Waals surface area (Å²) < 4.78 is 10.2. The van der Waals surface area contributed by atoms with Gasteiger partial charge in [0.05, 0.1) is 0 Å². The Hall–Kier alpha value is -0.720. The van der Waals surface area contributed by atoms with Gasteiger partial charge in [0.1, 0.15) is 0 Å². The molecule has 0 saturated heterocycles. The molecule has 0 aliphatic heterocycles. The van der Waals surface area contributed by atoms with Crippen LogP contribution in [0.2, 0.25) is 0 Å². The third-order valence-corrected chi connectivity index (χ3v) is 1.69. The van der Waals surface area contributed by atoms with E-state index in [1.165, 1.54) is 0 Å². The molecule has 0 saturated carbocycles. The third kappa shape index (κ3) is 1.60. The smallest absolute Gasteiger partial charge is 0.0254 e. The normalized spacial score (nSPS) is 11.0. The van der Waals surface area contributed by atoms with Crippen molar-refractivity contribution < 1.29 is 9.46 Å². The van der Waals surface area contributed by atoms with Gasteiger partial charge in [-0.2, -0.15) is 0 Å². The largest absolute Gasteiger partial charge is 0.776 e. The molecule has 0 aliphatic carbocycles. The van der Waals surface area contributed by atoms with Gasteiger partial charge in [-0.1, -0.05) is 18.2 Å². The SMILES string of the molecule is O=[P]([O-])c1ccccc1. The molecular formula is C6H5O2P-. The molecule has 0 N–H and O–H groups in total. The van der Waals surface area contributed by atoms with E-state index >= 15 is 0 Å². The van der Waals surface area contributed by atoms with E-state index in [4.69, 9.17) is 0 Å². The Morgan fingerprint density at radius 3 is 2.11 bits per heavy atom. The molecule has 1 unspecified atom stereocenters. The Balaban J connectivity index is 2.98. The first kappa shape index (κ1) is 6.40. The fourth-order valence-electron chi connectivity index (χ4n) is 0.550.